The molecule has 0 bridgehead atoms. The van der Waals surface area contributed by atoms with Crippen molar-refractivity contribution in [2.45, 2.75) is 26.7 Å². The maximum atomic E-state index is 12.0. The number of carbonyl (C=O) groups is 2. The van der Waals surface area contributed by atoms with E-state index in [4.69, 9.17) is 4.98 Å². The first kappa shape index (κ1) is 23.6. The summed E-state index contributed by atoms with van der Waals surface area (Å²) in [6.07, 6.45) is 7.98. The van der Waals surface area contributed by atoms with E-state index in [2.05, 4.69) is 35.5 Å². The molecule has 6 heterocycles. The van der Waals surface area contributed by atoms with Crippen LogP contribution < -0.4 is 5.32 Å². The Morgan fingerprint density at radius 2 is 1.92 bits per heavy atom. The van der Waals surface area contributed by atoms with Crippen molar-refractivity contribution in [3.05, 3.63) is 60.0 Å². The SMILES string of the molecule is CCCC(=O)Nc1cncc(-c2cc3c(-c4nc5c(-c6ccc(C(C)=O)s6)nccc5[nH]4)n[nH]c3cn2)c1. The number of hydrogen-bond donors (Lipinski definition) is 3. The molecule has 0 aliphatic carbocycles. The van der Waals surface area contributed by atoms with Gasteiger partial charge in [0.05, 0.1) is 44.6 Å². The number of carbonyl (C=O) groups excluding carboxylic acids is 2. The summed E-state index contributed by atoms with van der Waals surface area (Å²) in [7, 11) is 0. The van der Waals surface area contributed by atoms with Gasteiger partial charge in [0.1, 0.15) is 16.9 Å². The van der Waals surface area contributed by atoms with Crippen LogP contribution >= 0.6 is 11.3 Å². The van der Waals surface area contributed by atoms with Crippen molar-refractivity contribution in [2.75, 3.05) is 5.32 Å². The van der Waals surface area contributed by atoms with Crippen molar-refractivity contribution >= 4 is 50.7 Å². The normalized spacial score (nSPS) is 11.3. The van der Waals surface area contributed by atoms with Crippen molar-refractivity contribution < 1.29 is 9.59 Å². The lowest BCUT2D eigenvalue weighted by molar-refractivity contribution is -0.116. The van der Waals surface area contributed by atoms with Crippen LogP contribution in [0, 0.1) is 0 Å². The maximum Gasteiger partial charge on any atom is 0.224 e. The lowest BCUT2D eigenvalue weighted by Crippen LogP contribution is -2.10. The van der Waals surface area contributed by atoms with Gasteiger partial charge >= 0.3 is 0 Å². The predicted octanol–water partition coefficient (Wildman–Crippen LogP) is 5.63. The Balaban J connectivity index is 1.39. The van der Waals surface area contributed by atoms with Gasteiger partial charge in [-0.3, -0.25) is 29.6 Å². The van der Waals surface area contributed by atoms with Crippen molar-refractivity contribution in [3.63, 3.8) is 0 Å². The smallest absolute Gasteiger partial charge is 0.224 e. The Hall–Kier alpha value is -4.77. The van der Waals surface area contributed by atoms with Crippen LogP contribution in [0.2, 0.25) is 0 Å². The zero-order chi connectivity index (χ0) is 26.2. The molecule has 0 unspecified atom stereocenters. The van der Waals surface area contributed by atoms with E-state index in [0.29, 0.717) is 45.4 Å². The number of fused-ring (bicyclic) bond motifs is 2. The molecule has 3 N–H and O–H groups in total. The summed E-state index contributed by atoms with van der Waals surface area (Å²) in [4.78, 5) is 46.9. The molecule has 1 amide bonds. The second-order valence-electron chi connectivity index (χ2n) is 8.81. The van der Waals surface area contributed by atoms with Gasteiger partial charge in [0.15, 0.2) is 11.6 Å². The van der Waals surface area contributed by atoms with Crippen LogP contribution in [0.3, 0.4) is 0 Å². The van der Waals surface area contributed by atoms with E-state index < -0.39 is 0 Å². The van der Waals surface area contributed by atoms with E-state index in [1.807, 2.05) is 37.3 Å². The molecule has 0 atom stereocenters. The van der Waals surface area contributed by atoms with E-state index in [9.17, 15) is 9.59 Å². The minimum absolute atomic E-state index is 0.0209. The second kappa shape index (κ2) is 9.60. The average molecular weight is 523 g/mol. The van der Waals surface area contributed by atoms with Gasteiger partial charge in [-0.15, -0.1) is 11.3 Å². The summed E-state index contributed by atoms with van der Waals surface area (Å²) >= 11 is 1.40. The highest BCUT2D eigenvalue weighted by Crippen LogP contribution is 2.34. The number of amides is 1. The van der Waals surface area contributed by atoms with Crippen molar-refractivity contribution in [1.82, 2.24) is 35.1 Å². The molecule has 188 valence electrons. The molecular formula is C27H22N8O2S. The van der Waals surface area contributed by atoms with Crippen molar-refractivity contribution in [2.24, 2.45) is 0 Å². The number of nitrogens with zero attached hydrogens (tertiary/aromatic N) is 5. The number of rotatable bonds is 7. The number of Topliss-reactive ketones (excluding diaryl/α,β-unsaturated/α-hetero) is 1. The van der Waals surface area contributed by atoms with Gasteiger partial charge in [-0.05, 0) is 43.7 Å². The monoisotopic (exact) mass is 522 g/mol. The Labute approximate surface area is 220 Å². The number of imidazole rings is 1. The van der Waals surface area contributed by atoms with Crippen LogP contribution in [0.5, 0.6) is 0 Å². The highest BCUT2D eigenvalue weighted by molar-refractivity contribution is 7.17. The van der Waals surface area contributed by atoms with Crippen LogP contribution in [0.25, 0.3) is 55.3 Å². The summed E-state index contributed by atoms with van der Waals surface area (Å²) in [6, 6.07) is 9.34. The molecule has 0 fully saturated rings. The van der Waals surface area contributed by atoms with Gasteiger partial charge in [-0.1, -0.05) is 6.92 Å². The highest BCUT2D eigenvalue weighted by atomic mass is 32.1. The fraction of sp³-hybridized carbons (Fsp3) is 0.148. The summed E-state index contributed by atoms with van der Waals surface area (Å²) in [6.45, 7) is 3.51. The molecule has 6 aromatic rings. The number of anilines is 1. The molecule has 11 heteroatoms. The molecule has 0 saturated carbocycles. The van der Waals surface area contributed by atoms with Gasteiger partial charge in [-0.25, -0.2) is 4.98 Å². The Kier molecular flexibility index (Phi) is 5.97. The second-order valence-corrected chi connectivity index (χ2v) is 9.89. The number of pyridine rings is 3. The third kappa shape index (κ3) is 4.33. The van der Waals surface area contributed by atoms with Crippen LogP contribution in [-0.4, -0.2) is 46.8 Å². The number of H-pyrrole nitrogens is 2. The third-order valence-corrected chi connectivity index (χ3v) is 7.25. The lowest BCUT2D eigenvalue weighted by atomic mass is 10.1. The van der Waals surface area contributed by atoms with E-state index in [0.717, 1.165) is 33.3 Å². The summed E-state index contributed by atoms with van der Waals surface area (Å²) in [5, 5.41) is 11.2. The van der Waals surface area contributed by atoms with Gasteiger partial charge in [0, 0.05) is 29.8 Å². The largest absolute Gasteiger partial charge is 0.336 e. The molecule has 0 aliphatic rings. The molecule has 0 spiro atoms. The zero-order valence-electron chi connectivity index (χ0n) is 20.6. The first-order chi connectivity index (χ1) is 18.5. The van der Waals surface area contributed by atoms with Crippen molar-refractivity contribution in [3.8, 4) is 33.3 Å². The minimum atomic E-state index is -0.0502. The van der Waals surface area contributed by atoms with Gasteiger partial charge < -0.3 is 10.3 Å². The number of thiophene rings is 1. The standard InChI is InChI=1S/C27H22N8O2S/c1-3-4-23(37)31-16-9-15(11-28-12-16)19-10-17-20(13-30-19)34-35-24(17)27-32-18-7-8-29-26(25(18)33-27)22-6-5-21(38-22)14(2)36/h5-13H,3-4H2,1-2H3,(H,31,37)(H,32,33)(H,34,35). The number of aromatic amines is 2. The molecule has 6 rings (SSSR count). The Bertz CT molecular complexity index is 1830. The number of hydrogen-bond acceptors (Lipinski definition) is 8. The van der Waals surface area contributed by atoms with E-state index in [1.165, 1.54) is 11.3 Å². The van der Waals surface area contributed by atoms with Gasteiger partial charge in [0.25, 0.3) is 0 Å². The first-order valence-electron chi connectivity index (χ1n) is 12.1. The van der Waals surface area contributed by atoms with Crippen LogP contribution in [-0.2, 0) is 4.79 Å². The Morgan fingerprint density at radius 1 is 1.03 bits per heavy atom. The van der Waals surface area contributed by atoms with Gasteiger partial charge in [0.2, 0.25) is 5.91 Å². The summed E-state index contributed by atoms with van der Waals surface area (Å²) < 4.78 is 0. The third-order valence-electron chi connectivity index (χ3n) is 6.05. The maximum absolute atomic E-state index is 12.0. The quantitative estimate of drug-likeness (QED) is 0.231. The van der Waals surface area contributed by atoms with Crippen LogP contribution in [0.4, 0.5) is 5.69 Å². The fourth-order valence-electron chi connectivity index (χ4n) is 4.24. The van der Waals surface area contributed by atoms with Crippen molar-refractivity contribution in [1.29, 1.82) is 0 Å². The molecule has 38 heavy (non-hydrogen) atoms. The van der Waals surface area contributed by atoms with Crippen LogP contribution in [0.1, 0.15) is 36.4 Å². The molecule has 0 aromatic carbocycles. The Morgan fingerprint density at radius 3 is 2.74 bits per heavy atom. The summed E-state index contributed by atoms with van der Waals surface area (Å²) in [5.74, 6) is 0.554. The minimum Gasteiger partial charge on any atom is -0.336 e. The molecule has 0 aliphatic heterocycles. The topological polar surface area (TPSA) is 142 Å². The zero-order valence-corrected chi connectivity index (χ0v) is 21.4. The van der Waals surface area contributed by atoms with E-state index in [-0.39, 0.29) is 11.7 Å². The molecule has 0 radical (unpaired) electrons. The van der Waals surface area contributed by atoms with Crippen LogP contribution in [0.15, 0.2) is 55.1 Å². The predicted molar refractivity (Wildman–Crippen MR) is 147 cm³/mol. The fourth-order valence-corrected chi connectivity index (χ4v) is 5.14. The highest BCUT2D eigenvalue weighted by Gasteiger charge is 2.18. The first-order valence-corrected chi connectivity index (χ1v) is 12.9. The number of ketones is 1. The lowest BCUT2D eigenvalue weighted by Gasteiger charge is -2.06. The number of aromatic nitrogens is 7. The molecule has 0 saturated heterocycles. The van der Waals surface area contributed by atoms with E-state index in [1.54, 1.807) is 31.7 Å². The van der Waals surface area contributed by atoms with Gasteiger partial charge in [-0.2, -0.15) is 5.10 Å². The molecule has 10 nitrogen and oxygen atoms in total. The summed E-state index contributed by atoms with van der Waals surface area (Å²) in [5.41, 5.74) is 5.69. The molecular weight excluding hydrogens is 500 g/mol. The average Bonchev–Trinajstić information content (AvgIpc) is 3.66. The molecule has 6 aromatic heterocycles. The van der Waals surface area contributed by atoms with E-state index >= 15 is 0 Å². The number of nitrogens with one attached hydrogen (secondary N) is 3.